The third kappa shape index (κ3) is 6.56. The minimum absolute atomic E-state index is 0.179. The molecule has 1 unspecified atom stereocenters. The van der Waals surface area contributed by atoms with Crippen molar-refractivity contribution in [2.75, 3.05) is 33.1 Å². The average molecular weight is 627 g/mol. The molecule has 238 valence electrons. The summed E-state index contributed by atoms with van der Waals surface area (Å²) >= 11 is 0. The normalized spacial score (nSPS) is 18.1. The summed E-state index contributed by atoms with van der Waals surface area (Å²) in [5.41, 5.74) is 0.269. The van der Waals surface area contributed by atoms with Gasteiger partial charge in [-0.1, -0.05) is 12.1 Å². The van der Waals surface area contributed by atoms with E-state index in [0.29, 0.717) is 54.0 Å². The zero-order valence-electron chi connectivity index (χ0n) is 24.2. The molecule has 2 aromatic rings. The van der Waals surface area contributed by atoms with E-state index in [0.717, 1.165) is 18.9 Å². The molecule has 0 spiro atoms. The summed E-state index contributed by atoms with van der Waals surface area (Å²) in [4.78, 5) is 41.2. The zero-order valence-corrected chi connectivity index (χ0v) is 24.2. The lowest BCUT2D eigenvalue weighted by molar-refractivity contribution is -0.145. The number of nitrogens with zero attached hydrogens (tertiary/aromatic N) is 2. The number of hydrogen-bond acceptors (Lipinski definition) is 8. The number of esters is 1. The zero-order chi connectivity index (χ0) is 32.5. The Kier molecular flexibility index (Phi) is 9.37. The highest BCUT2D eigenvalue weighted by Gasteiger charge is 2.37. The molecular weight excluding hydrogens is 595 g/mol. The fraction of sp³-hybridized carbons (Fsp3) is 0.414. The average Bonchev–Trinajstić information content (AvgIpc) is 2.96. The molecule has 10 nitrogen and oxygen atoms in total. The number of halogens is 5. The Labute approximate surface area is 249 Å². The molecule has 0 aromatic heterocycles. The van der Waals surface area contributed by atoms with Crippen LogP contribution in [0.5, 0.6) is 5.75 Å². The minimum atomic E-state index is -4.68. The Balaban J connectivity index is 1.63. The van der Waals surface area contributed by atoms with E-state index < -0.39 is 65.3 Å². The lowest BCUT2D eigenvalue weighted by atomic mass is 9.90. The summed E-state index contributed by atoms with van der Waals surface area (Å²) in [6.45, 7) is 1.11. The van der Waals surface area contributed by atoms with Crippen molar-refractivity contribution in [3.05, 3.63) is 64.4 Å². The summed E-state index contributed by atoms with van der Waals surface area (Å²) in [6, 6.07) is 0.796. The minimum Gasteiger partial charge on any atom is -0.493 e. The van der Waals surface area contributed by atoms with E-state index >= 15 is 0 Å². The molecule has 0 aliphatic carbocycles. The number of rotatable bonds is 8. The molecule has 4 rings (SSSR count). The molecule has 0 saturated heterocycles. The maximum Gasteiger partial charge on any atom is 0.408 e. The van der Waals surface area contributed by atoms with Crippen LogP contribution in [0.4, 0.5) is 27.6 Å². The number of amides is 2. The SMILES string of the molecule is COC(=O)[C@H](Cc1ccc(C2=CN(C)C(O)N(C)C2=O)c2c1CCCO2)NC(=O)c1c(F)cc(N[C@H](C)C(F)(F)F)cc1F. The van der Waals surface area contributed by atoms with Gasteiger partial charge in [-0.3, -0.25) is 14.5 Å². The van der Waals surface area contributed by atoms with Gasteiger partial charge in [-0.25, -0.2) is 13.6 Å². The van der Waals surface area contributed by atoms with Crippen LogP contribution in [0, 0.1) is 11.6 Å². The summed E-state index contributed by atoms with van der Waals surface area (Å²) in [5.74, 6) is -5.19. The van der Waals surface area contributed by atoms with Crippen molar-refractivity contribution in [3.63, 3.8) is 0 Å². The molecular formula is C29H31F5N4O6. The van der Waals surface area contributed by atoms with Crippen molar-refractivity contribution >= 4 is 29.0 Å². The fourth-order valence-corrected chi connectivity index (χ4v) is 5.00. The molecule has 2 aliphatic heterocycles. The van der Waals surface area contributed by atoms with E-state index in [9.17, 15) is 41.4 Å². The first-order chi connectivity index (χ1) is 20.6. The number of hydrogen-bond donors (Lipinski definition) is 3. The van der Waals surface area contributed by atoms with Crippen LogP contribution in [-0.4, -0.2) is 85.1 Å². The Morgan fingerprint density at radius 3 is 2.45 bits per heavy atom. The van der Waals surface area contributed by atoms with Crippen molar-refractivity contribution in [2.24, 2.45) is 0 Å². The van der Waals surface area contributed by atoms with Crippen molar-refractivity contribution in [1.29, 1.82) is 0 Å². The molecule has 15 heteroatoms. The molecule has 0 fully saturated rings. The van der Waals surface area contributed by atoms with E-state index in [1.165, 1.54) is 18.1 Å². The number of aliphatic hydroxyl groups is 1. The van der Waals surface area contributed by atoms with Gasteiger partial charge in [-0.15, -0.1) is 0 Å². The summed E-state index contributed by atoms with van der Waals surface area (Å²) < 4.78 is 79.0. The van der Waals surface area contributed by atoms with Gasteiger partial charge in [-0.05, 0) is 43.0 Å². The van der Waals surface area contributed by atoms with Crippen LogP contribution in [0.3, 0.4) is 0 Å². The second-order valence-corrected chi connectivity index (χ2v) is 10.5. The first-order valence-corrected chi connectivity index (χ1v) is 13.5. The lowest BCUT2D eigenvalue weighted by Gasteiger charge is -2.36. The van der Waals surface area contributed by atoms with Crippen molar-refractivity contribution in [2.45, 2.75) is 50.8 Å². The Hall–Kier alpha value is -4.40. The Bertz CT molecular complexity index is 1470. The predicted octanol–water partition coefficient (Wildman–Crippen LogP) is 3.19. The molecule has 2 heterocycles. The monoisotopic (exact) mass is 626 g/mol. The van der Waals surface area contributed by atoms with Gasteiger partial charge in [0.15, 0.2) is 0 Å². The van der Waals surface area contributed by atoms with Gasteiger partial charge < -0.3 is 30.1 Å². The van der Waals surface area contributed by atoms with Crippen LogP contribution in [0.25, 0.3) is 5.57 Å². The summed E-state index contributed by atoms with van der Waals surface area (Å²) in [6.07, 6.45) is -3.43. The highest BCUT2D eigenvalue weighted by atomic mass is 19.4. The van der Waals surface area contributed by atoms with Crippen LogP contribution in [0.2, 0.25) is 0 Å². The number of anilines is 1. The summed E-state index contributed by atoms with van der Waals surface area (Å²) in [7, 11) is 4.10. The van der Waals surface area contributed by atoms with Gasteiger partial charge in [0.1, 0.15) is 35.0 Å². The molecule has 44 heavy (non-hydrogen) atoms. The number of carbonyl (C=O) groups excluding carboxylic acids is 3. The number of fused-ring (bicyclic) bond motifs is 1. The molecule has 0 bridgehead atoms. The molecule has 2 aliphatic rings. The second kappa shape index (κ2) is 12.7. The second-order valence-electron chi connectivity index (χ2n) is 10.5. The van der Waals surface area contributed by atoms with Gasteiger partial charge in [0.05, 0.1) is 19.3 Å². The Morgan fingerprint density at radius 2 is 1.84 bits per heavy atom. The van der Waals surface area contributed by atoms with Crippen LogP contribution >= 0.6 is 0 Å². The number of nitrogens with one attached hydrogen (secondary N) is 2. The predicted molar refractivity (Wildman–Crippen MR) is 147 cm³/mol. The van der Waals surface area contributed by atoms with Crippen LogP contribution < -0.4 is 15.4 Å². The van der Waals surface area contributed by atoms with Gasteiger partial charge >= 0.3 is 12.1 Å². The van der Waals surface area contributed by atoms with Crippen molar-refractivity contribution in [3.8, 4) is 5.75 Å². The maximum absolute atomic E-state index is 14.8. The highest BCUT2D eigenvalue weighted by molar-refractivity contribution is 6.20. The third-order valence-electron chi connectivity index (χ3n) is 7.42. The van der Waals surface area contributed by atoms with Crippen LogP contribution in [0.1, 0.15) is 40.4 Å². The molecule has 3 atom stereocenters. The number of ether oxygens (including phenoxy) is 2. The molecule has 3 N–H and O–H groups in total. The smallest absolute Gasteiger partial charge is 0.408 e. The van der Waals surface area contributed by atoms with E-state index in [1.54, 1.807) is 19.2 Å². The number of aliphatic hydroxyl groups excluding tert-OH is 1. The van der Waals surface area contributed by atoms with E-state index in [2.05, 4.69) is 5.32 Å². The van der Waals surface area contributed by atoms with Crippen LogP contribution in [0.15, 0.2) is 30.5 Å². The Morgan fingerprint density at radius 1 is 1.18 bits per heavy atom. The number of likely N-dealkylation sites (N-methyl/N-ethyl adjacent to an activating group) is 1. The number of carbonyl (C=O) groups is 3. The largest absolute Gasteiger partial charge is 0.493 e. The van der Waals surface area contributed by atoms with Gasteiger partial charge in [-0.2, -0.15) is 13.2 Å². The highest BCUT2D eigenvalue weighted by Crippen LogP contribution is 2.38. The number of methoxy groups -OCH3 is 1. The van der Waals surface area contributed by atoms with Crippen molar-refractivity contribution in [1.82, 2.24) is 15.1 Å². The topological polar surface area (TPSA) is 120 Å². The molecule has 0 radical (unpaired) electrons. The number of benzene rings is 2. The first-order valence-electron chi connectivity index (χ1n) is 13.5. The molecule has 0 saturated carbocycles. The first kappa shape index (κ1) is 32.5. The van der Waals surface area contributed by atoms with E-state index in [-0.39, 0.29) is 12.0 Å². The van der Waals surface area contributed by atoms with Gasteiger partial charge in [0.2, 0.25) is 6.35 Å². The third-order valence-corrected chi connectivity index (χ3v) is 7.42. The van der Waals surface area contributed by atoms with E-state index in [1.807, 2.05) is 5.32 Å². The molecule has 2 aromatic carbocycles. The summed E-state index contributed by atoms with van der Waals surface area (Å²) in [5, 5.41) is 14.4. The molecule has 2 amide bonds. The fourth-order valence-electron chi connectivity index (χ4n) is 5.00. The van der Waals surface area contributed by atoms with Gasteiger partial charge in [0, 0.05) is 38.0 Å². The van der Waals surface area contributed by atoms with Crippen LogP contribution in [-0.2, 0) is 27.2 Å². The standard InChI is InChI=1S/C29H31F5N4O6/c1-14(29(32,33)34)35-16-11-20(30)23(21(31)12-16)25(39)36-22(27(41)43-4)10-15-7-8-18(24-17(15)6-5-9-44-24)19-13-37(2)28(42)38(3)26(19)40/h7-8,11-14,22,28,35,42H,5-6,9-10H2,1-4H3,(H,36,39)/t14-,22+,28?/m1/s1. The van der Waals surface area contributed by atoms with E-state index in [4.69, 9.17) is 9.47 Å². The quantitative estimate of drug-likeness (QED) is 0.302. The number of alkyl halides is 3. The maximum atomic E-state index is 14.8. The van der Waals surface area contributed by atoms with Crippen molar-refractivity contribution < 1.29 is 50.9 Å². The lowest BCUT2D eigenvalue weighted by Crippen LogP contribution is -2.49. The van der Waals surface area contributed by atoms with Gasteiger partial charge in [0.25, 0.3) is 11.8 Å².